The van der Waals surface area contributed by atoms with Crippen LogP contribution >= 0.6 is 0 Å². The van der Waals surface area contributed by atoms with Crippen LogP contribution in [0, 0.1) is 24.4 Å². The number of rotatable bonds is 6. The lowest BCUT2D eigenvalue weighted by molar-refractivity contribution is -0.136. The number of benzene rings is 2. The fraction of sp³-hybridized carbons (Fsp3) is 0.458. The number of aliphatic hydroxyl groups is 1. The molecule has 2 aromatic rings. The lowest BCUT2D eigenvalue weighted by atomic mass is 9.98. The molecule has 0 bridgehead atoms. The normalized spacial score (nSPS) is 22.5. The van der Waals surface area contributed by atoms with E-state index in [0.29, 0.717) is 25.5 Å². The topological polar surface area (TPSA) is 78.6 Å². The van der Waals surface area contributed by atoms with E-state index in [1.165, 1.54) is 0 Å². The molecule has 1 fully saturated rings. The summed E-state index contributed by atoms with van der Waals surface area (Å²) in [5.41, 5.74) is 8.10. The maximum Gasteiger partial charge on any atom is 0.224 e. The van der Waals surface area contributed by atoms with E-state index in [0.717, 1.165) is 17.2 Å². The number of nitrogens with zero attached hydrogens (tertiary/aromatic N) is 1. The molecule has 1 aliphatic heterocycles. The number of carbonyl (C=O) groups is 1. The van der Waals surface area contributed by atoms with Gasteiger partial charge in [-0.3, -0.25) is 10.1 Å². The van der Waals surface area contributed by atoms with Gasteiger partial charge in [0.2, 0.25) is 5.91 Å². The van der Waals surface area contributed by atoms with Crippen LogP contribution in [-0.4, -0.2) is 46.8 Å². The van der Waals surface area contributed by atoms with Crippen LogP contribution in [0.5, 0.6) is 0 Å². The molecule has 1 saturated heterocycles. The molecule has 0 saturated carbocycles. The first-order valence-electron chi connectivity index (χ1n) is 10.8. The van der Waals surface area contributed by atoms with Gasteiger partial charge in [0, 0.05) is 31.1 Å². The van der Waals surface area contributed by atoms with Gasteiger partial charge < -0.3 is 15.7 Å². The Morgan fingerprint density at radius 2 is 1.88 bits per heavy atom. The molecule has 3 rings (SSSR count). The number of halogens is 3. The number of aryl methyl sites for hydroxylation is 1. The van der Waals surface area contributed by atoms with Crippen molar-refractivity contribution in [1.82, 2.24) is 10.2 Å². The Morgan fingerprint density at radius 1 is 1.19 bits per heavy atom. The molecule has 0 aromatic heterocycles. The third-order valence-corrected chi connectivity index (χ3v) is 6.04. The SMILES string of the molecule is Cc1ccccc1C[C@@H]1C(O)N[C@H](C)CCN1C(=O)C[C@H](N)Cc1cc(F)c(F)cc1F. The third-order valence-electron chi connectivity index (χ3n) is 6.04. The summed E-state index contributed by atoms with van der Waals surface area (Å²) < 4.78 is 40.6. The molecule has 0 radical (unpaired) electrons. The molecule has 4 atom stereocenters. The third kappa shape index (κ3) is 5.88. The molecule has 4 N–H and O–H groups in total. The monoisotopic (exact) mass is 449 g/mol. The molecule has 1 aliphatic rings. The Kier molecular flexibility index (Phi) is 7.92. The summed E-state index contributed by atoms with van der Waals surface area (Å²) in [5.74, 6) is -3.59. The summed E-state index contributed by atoms with van der Waals surface area (Å²) in [5, 5.41) is 13.9. The molecule has 1 unspecified atom stereocenters. The van der Waals surface area contributed by atoms with Gasteiger partial charge in [-0.15, -0.1) is 0 Å². The van der Waals surface area contributed by atoms with Crippen LogP contribution in [0.1, 0.15) is 36.5 Å². The smallest absolute Gasteiger partial charge is 0.224 e. The van der Waals surface area contributed by atoms with Crippen molar-refractivity contribution >= 4 is 5.91 Å². The number of carbonyl (C=O) groups excluding carboxylic acids is 1. The molecule has 32 heavy (non-hydrogen) atoms. The minimum atomic E-state index is -1.27. The van der Waals surface area contributed by atoms with Gasteiger partial charge in [0.15, 0.2) is 11.6 Å². The van der Waals surface area contributed by atoms with Crippen molar-refractivity contribution in [3.05, 3.63) is 70.5 Å². The zero-order valence-electron chi connectivity index (χ0n) is 18.3. The van der Waals surface area contributed by atoms with Crippen LogP contribution in [0.3, 0.4) is 0 Å². The number of hydrogen-bond acceptors (Lipinski definition) is 4. The largest absolute Gasteiger partial charge is 0.376 e. The maximum atomic E-state index is 14.0. The molecule has 1 heterocycles. The van der Waals surface area contributed by atoms with E-state index in [1.807, 2.05) is 38.1 Å². The molecule has 1 amide bonds. The number of nitrogens with two attached hydrogens (primary N) is 1. The van der Waals surface area contributed by atoms with Crippen molar-refractivity contribution < 1.29 is 23.1 Å². The standard InChI is InChI=1S/C24H30F3N3O2/c1-14-5-3-4-6-16(14)11-22-24(32)29-15(2)7-8-30(22)23(31)12-18(28)9-17-10-20(26)21(27)13-19(17)25/h3-6,10,13,15,18,22,24,29,32H,7-9,11-12,28H2,1-2H3/t15-,18-,22-,24?/m1/s1. The highest BCUT2D eigenvalue weighted by molar-refractivity contribution is 5.77. The van der Waals surface area contributed by atoms with Gasteiger partial charge in [-0.2, -0.15) is 0 Å². The number of aliphatic hydroxyl groups excluding tert-OH is 1. The van der Waals surface area contributed by atoms with Gasteiger partial charge in [-0.1, -0.05) is 24.3 Å². The Bertz CT molecular complexity index is 956. The zero-order chi connectivity index (χ0) is 23.4. The van der Waals surface area contributed by atoms with Gasteiger partial charge in [0.05, 0.1) is 6.04 Å². The number of amides is 1. The van der Waals surface area contributed by atoms with Crippen molar-refractivity contribution in [3.8, 4) is 0 Å². The van der Waals surface area contributed by atoms with E-state index in [1.54, 1.807) is 4.90 Å². The highest BCUT2D eigenvalue weighted by Crippen LogP contribution is 2.21. The van der Waals surface area contributed by atoms with Crippen molar-refractivity contribution in [3.63, 3.8) is 0 Å². The van der Waals surface area contributed by atoms with Crippen LogP contribution in [-0.2, 0) is 17.6 Å². The van der Waals surface area contributed by atoms with E-state index in [-0.39, 0.29) is 30.4 Å². The minimum Gasteiger partial charge on any atom is -0.376 e. The van der Waals surface area contributed by atoms with E-state index < -0.39 is 35.8 Å². The van der Waals surface area contributed by atoms with Crippen LogP contribution in [0.25, 0.3) is 0 Å². The van der Waals surface area contributed by atoms with Gasteiger partial charge in [0.1, 0.15) is 12.0 Å². The second kappa shape index (κ2) is 10.5. The molecule has 5 nitrogen and oxygen atoms in total. The maximum absolute atomic E-state index is 14.0. The summed E-state index contributed by atoms with van der Waals surface area (Å²) in [7, 11) is 0. The molecule has 2 aromatic carbocycles. The first-order chi connectivity index (χ1) is 15.2. The lowest BCUT2D eigenvalue weighted by Crippen LogP contribution is -2.52. The minimum absolute atomic E-state index is 0.0205. The van der Waals surface area contributed by atoms with Crippen molar-refractivity contribution in [2.75, 3.05) is 6.54 Å². The number of nitrogens with one attached hydrogen (secondary N) is 1. The van der Waals surface area contributed by atoms with E-state index in [4.69, 9.17) is 5.73 Å². The van der Waals surface area contributed by atoms with Crippen LogP contribution in [0.15, 0.2) is 36.4 Å². The summed E-state index contributed by atoms with van der Waals surface area (Å²) in [6.07, 6.45) is -0.0191. The fourth-order valence-corrected chi connectivity index (χ4v) is 4.17. The van der Waals surface area contributed by atoms with Gasteiger partial charge in [-0.05, 0) is 55.9 Å². The zero-order valence-corrected chi connectivity index (χ0v) is 18.3. The molecule has 174 valence electrons. The average Bonchev–Trinajstić information content (AvgIpc) is 2.85. The highest BCUT2D eigenvalue weighted by Gasteiger charge is 2.34. The molecular weight excluding hydrogens is 419 g/mol. The van der Waals surface area contributed by atoms with Crippen LogP contribution in [0.4, 0.5) is 13.2 Å². The van der Waals surface area contributed by atoms with E-state index in [2.05, 4.69) is 5.32 Å². The quantitative estimate of drug-likeness (QED) is 0.593. The highest BCUT2D eigenvalue weighted by atomic mass is 19.2. The van der Waals surface area contributed by atoms with Crippen molar-refractivity contribution in [1.29, 1.82) is 0 Å². The first kappa shape index (κ1) is 24.2. The van der Waals surface area contributed by atoms with Gasteiger partial charge in [0.25, 0.3) is 0 Å². The van der Waals surface area contributed by atoms with Crippen LogP contribution < -0.4 is 11.1 Å². The van der Waals surface area contributed by atoms with E-state index in [9.17, 15) is 23.1 Å². The Hall–Kier alpha value is -2.42. The first-order valence-corrected chi connectivity index (χ1v) is 10.8. The molecule has 0 spiro atoms. The Labute approximate surface area is 186 Å². The lowest BCUT2D eigenvalue weighted by Gasteiger charge is -2.34. The van der Waals surface area contributed by atoms with Gasteiger partial charge in [-0.25, -0.2) is 13.2 Å². The number of hydrogen-bond donors (Lipinski definition) is 3. The van der Waals surface area contributed by atoms with Gasteiger partial charge >= 0.3 is 0 Å². The fourth-order valence-electron chi connectivity index (χ4n) is 4.17. The summed E-state index contributed by atoms with van der Waals surface area (Å²) in [4.78, 5) is 14.8. The molecule has 0 aliphatic carbocycles. The van der Waals surface area contributed by atoms with Crippen LogP contribution in [0.2, 0.25) is 0 Å². The second-order valence-electron chi connectivity index (χ2n) is 8.61. The molecular formula is C24H30F3N3O2. The predicted octanol–water partition coefficient (Wildman–Crippen LogP) is 2.81. The van der Waals surface area contributed by atoms with Crippen molar-refractivity contribution in [2.24, 2.45) is 5.73 Å². The van der Waals surface area contributed by atoms with Crippen molar-refractivity contribution in [2.45, 2.75) is 63.9 Å². The average molecular weight is 450 g/mol. The summed E-state index contributed by atoms with van der Waals surface area (Å²) in [6, 6.07) is 7.79. The Balaban J connectivity index is 1.75. The molecule has 8 heteroatoms. The Morgan fingerprint density at radius 3 is 2.59 bits per heavy atom. The van der Waals surface area contributed by atoms with E-state index >= 15 is 0 Å². The summed E-state index contributed by atoms with van der Waals surface area (Å²) in [6.45, 7) is 4.36. The predicted molar refractivity (Wildman–Crippen MR) is 116 cm³/mol. The second-order valence-corrected chi connectivity index (χ2v) is 8.61. The summed E-state index contributed by atoms with van der Waals surface area (Å²) >= 11 is 0.